The first-order valence-electron chi connectivity index (χ1n) is 7.42. The Hall–Kier alpha value is -2.26. The minimum Gasteiger partial charge on any atom is -0.460 e. The molecule has 1 heterocycles. The third kappa shape index (κ3) is 4.86. The van der Waals surface area contributed by atoms with E-state index in [1.165, 1.54) is 13.2 Å². The minimum absolute atomic E-state index is 0.0466. The summed E-state index contributed by atoms with van der Waals surface area (Å²) in [6.07, 6.45) is 0. The van der Waals surface area contributed by atoms with Crippen molar-refractivity contribution in [2.45, 2.75) is 19.6 Å². The normalized spacial score (nSPS) is 17.2. The third-order valence-electron chi connectivity index (χ3n) is 3.46. The zero-order valence-electron chi connectivity index (χ0n) is 13.7. The molecule has 0 unspecified atom stereocenters. The summed E-state index contributed by atoms with van der Waals surface area (Å²) in [7, 11) is 1.49. The molecule has 0 fully saturated rings. The number of ether oxygens (including phenoxy) is 3. The maximum Gasteiger partial charge on any atom is 0.387 e. The van der Waals surface area contributed by atoms with Crippen molar-refractivity contribution < 1.29 is 27.8 Å². The van der Waals surface area contributed by atoms with Gasteiger partial charge in [0, 0.05) is 18.4 Å². The number of hydrogen-bond acceptors (Lipinski definition) is 5. The Kier molecular flexibility index (Phi) is 6.65. The number of benzene rings is 1. The second-order valence-electron chi connectivity index (χ2n) is 5.12. The summed E-state index contributed by atoms with van der Waals surface area (Å²) >= 11 is 5.12. The summed E-state index contributed by atoms with van der Waals surface area (Å²) in [5, 5.41) is 6.01. The van der Waals surface area contributed by atoms with E-state index >= 15 is 0 Å². The van der Waals surface area contributed by atoms with Gasteiger partial charge in [0.2, 0.25) is 0 Å². The van der Waals surface area contributed by atoms with Crippen LogP contribution in [0.25, 0.3) is 0 Å². The molecule has 0 saturated heterocycles. The lowest BCUT2D eigenvalue weighted by atomic mass is 9.95. The van der Waals surface area contributed by atoms with Crippen molar-refractivity contribution in [1.82, 2.24) is 10.6 Å². The van der Waals surface area contributed by atoms with Gasteiger partial charge in [0.05, 0.1) is 18.2 Å². The molecular weight excluding hydrogens is 354 g/mol. The van der Waals surface area contributed by atoms with Gasteiger partial charge in [0.25, 0.3) is 0 Å². The van der Waals surface area contributed by atoms with Crippen LogP contribution in [0.3, 0.4) is 0 Å². The predicted octanol–water partition coefficient (Wildman–Crippen LogP) is 2.27. The van der Waals surface area contributed by atoms with Crippen LogP contribution in [0.1, 0.15) is 18.5 Å². The van der Waals surface area contributed by atoms with E-state index in [0.717, 1.165) is 0 Å². The standard InChI is InChI=1S/C16H18F2N2O4S/c1-9-12(14(21)23-8-7-22-2)13(20-16(25)19-9)10-5-3-4-6-11(10)24-15(17)18/h3-6,13,15H,7-8H2,1-2H3,(H2,19,20,25)/t13-/m0/s1. The SMILES string of the molecule is COCCOC(=O)C1=C(C)NC(=S)N[C@H]1c1ccccc1OC(F)F. The summed E-state index contributed by atoms with van der Waals surface area (Å²) in [4.78, 5) is 12.5. The molecule has 136 valence electrons. The number of rotatable bonds is 7. The first kappa shape index (κ1) is 19.1. The molecule has 1 aliphatic heterocycles. The number of allylic oxidation sites excluding steroid dienone is 1. The van der Waals surface area contributed by atoms with E-state index in [9.17, 15) is 13.6 Å². The van der Waals surface area contributed by atoms with Gasteiger partial charge in [0.15, 0.2) is 5.11 Å². The average Bonchev–Trinajstić information content (AvgIpc) is 2.54. The predicted molar refractivity (Wildman–Crippen MR) is 90.2 cm³/mol. The fourth-order valence-electron chi connectivity index (χ4n) is 2.42. The van der Waals surface area contributed by atoms with Crippen molar-refractivity contribution in [2.24, 2.45) is 0 Å². The molecule has 0 aliphatic carbocycles. The summed E-state index contributed by atoms with van der Waals surface area (Å²) in [6.45, 7) is -1.02. The van der Waals surface area contributed by atoms with E-state index in [-0.39, 0.29) is 29.6 Å². The highest BCUT2D eigenvalue weighted by molar-refractivity contribution is 7.80. The van der Waals surface area contributed by atoms with E-state index in [4.69, 9.17) is 21.7 Å². The second kappa shape index (κ2) is 8.72. The van der Waals surface area contributed by atoms with Gasteiger partial charge in [-0.05, 0) is 25.2 Å². The average molecular weight is 372 g/mol. The smallest absolute Gasteiger partial charge is 0.387 e. The second-order valence-corrected chi connectivity index (χ2v) is 5.52. The molecule has 2 N–H and O–H groups in total. The largest absolute Gasteiger partial charge is 0.460 e. The molecule has 0 saturated carbocycles. The number of hydrogen-bond donors (Lipinski definition) is 2. The molecule has 1 aromatic rings. The third-order valence-corrected chi connectivity index (χ3v) is 3.68. The fraction of sp³-hybridized carbons (Fsp3) is 0.375. The van der Waals surface area contributed by atoms with Gasteiger partial charge in [0.1, 0.15) is 12.4 Å². The molecule has 0 radical (unpaired) electrons. The molecule has 1 aliphatic rings. The van der Waals surface area contributed by atoms with Crippen LogP contribution < -0.4 is 15.4 Å². The van der Waals surface area contributed by atoms with Crippen LogP contribution >= 0.6 is 12.2 Å². The maximum absolute atomic E-state index is 12.7. The van der Waals surface area contributed by atoms with Crippen LogP contribution in [0.5, 0.6) is 5.75 Å². The van der Waals surface area contributed by atoms with Gasteiger partial charge < -0.3 is 24.8 Å². The molecule has 2 rings (SSSR count). The summed E-state index contributed by atoms with van der Waals surface area (Å²) < 4.78 is 39.9. The van der Waals surface area contributed by atoms with Gasteiger partial charge in [-0.2, -0.15) is 8.78 Å². The number of alkyl halides is 2. The van der Waals surface area contributed by atoms with E-state index in [1.807, 2.05) is 0 Å². The molecule has 25 heavy (non-hydrogen) atoms. The van der Waals surface area contributed by atoms with Crippen molar-refractivity contribution in [3.8, 4) is 5.75 Å². The van der Waals surface area contributed by atoms with Crippen molar-refractivity contribution in [2.75, 3.05) is 20.3 Å². The van der Waals surface area contributed by atoms with Gasteiger partial charge in [-0.25, -0.2) is 4.79 Å². The van der Waals surface area contributed by atoms with Crippen molar-refractivity contribution >= 4 is 23.3 Å². The Balaban J connectivity index is 2.38. The van der Waals surface area contributed by atoms with Gasteiger partial charge in [-0.1, -0.05) is 18.2 Å². The van der Waals surface area contributed by atoms with Crippen LogP contribution in [0.4, 0.5) is 8.78 Å². The van der Waals surface area contributed by atoms with Crippen LogP contribution in [0, 0.1) is 0 Å². The van der Waals surface area contributed by atoms with Gasteiger partial charge in [-0.15, -0.1) is 0 Å². The lowest BCUT2D eigenvalue weighted by molar-refractivity contribution is -0.140. The highest BCUT2D eigenvalue weighted by Crippen LogP contribution is 2.34. The Morgan fingerprint density at radius 1 is 1.32 bits per heavy atom. The van der Waals surface area contributed by atoms with E-state index < -0.39 is 18.6 Å². The molecule has 0 aromatic heterocycles. The van der Waals surface area contributed by atoms with Gasteiger partial charge in [-0.3, -0.25) is 0 Å². The number of esters is 1. The zero-order chi connectivity index (χ0) is 18.4. The molecule has 0 bridgehead atoms. The lowest BCUT2D eigenvalue weighted by Crippen LogP contribution is -2.45. The Morgan fingerprint density at radius 2 is 2.04 bits per heavy atom. The highest BCUT2D eigenvalue weighted by Gasteiger charge is 2.33. The zero-order valence-corrected chi connectivity index (χ0v) is 14.5. The molecule has 1 aromatic carbocycles. The maximum atomic E-state index is 12.7. The van der Waals surface area contributed by atoms with E-state index in [0.29, 0.717) is 11.3 Å². The molecule has 1 atom stereocenters. The first-order chi connectivity index (χ1) is 11.9. The number of thiocarbonyl (C=S) groups is 1. The minimum atomic E-state index is -2.99. The Bertz CT molecular complexity index is 682. The monoisotopic (exact) mass is 372 g/mol. The lowest BCUT2D eigenvalue weighted by Gasteiger charge is -2.30. The summed E-state index contributed by atoms with van der Waals surface area (Å²) in [5.41, 5.74) is 1.06. The highest BCUT2D eigenvalue weighted by atomic mass is 32.1. The van der Waals surface area contributed by atoms with Crippen molar-refractivity contribution in [1.29, 1.82) is 0 Å². The number of para-hydroxylation sites is 1. The van der Waals surface area contributed by atoms with Crippen LogP contribution in [-0.4, -0.2) is 38.0 Å². The van der Waals surface area contributed by atoms with Crippen molar-refractivity contribution in [3.05, 3.63) is 41.1 Å². The molecule has 6 nitrogen and oxygen atoms in total. The molecular formula is C16H18F2N2O4S. The number of methoxy groups -OCH3 is 1. The number of carbonyl (C=O) groups excluding carboxylic acids is 1. The van der Waals surface area contributed by atoms with Crippen LogP contribution in [-0.2, 0) is 14.3 Å². The van der Waals surface area contributed by atoms with E-state index in [1.54, 1.807) is 25.1 Å². The first-order valence-corrected chi connectivity index (χ1v) is 7.83. The summed E-state index contributed by atoms with van der Waals surface area (Å²) in [5.74, 6) is -0.649. The van der Waals surface area contributed by atoms with Crippen molar-refractivity contribution in [3.63, 3.8) is 0 Å². The number of halogens is 2. The van der Waals surface area contributed by atoms with Crippen LogP contribution in [0.15, 0.2) is 35.5 Å². The van der Waals surface area contributed by atoms with Gasteiger partial charge >= 0.3 is 12.6 Å². The van der Waals surface area contributed by atoms with E-state index in [2.05, 4.69) is 15.4 Å². The Labute approximate surface area is 149 Å². The van der Waals surface area contributed by atoms with Crippen LogP contribution in [0.2, 0.25) is 0 Å². The quantitative estimate of drug-likeness (QED) is 0.432. The topological polar surface area (TPSA) is 68.8 Å². The Morgan fingerprint density at radius 3 is 2.72 bits per heavy atom. The fourth-order valence-corrected chi connectivity index (χ4v) is 2.69. The number of carbonyl (C=O) groups is 1. The molecule has 0 spiro atoms. The molecule has 0 amide bonds. The summed E-state index contributed by atoms with van der Waals surface area (Å²) in [6, 6.07) is 5.42. The number of nitrogens with one attached hydrogen (secondary N) is 2. The molecule has 9 heteroatoms.